The van der Waals surface area contributed by atoms with Gasteiger partial charge in [0.15, 0.2) is 6.61 Å². The number of nitrogens with zero attached hydrogens (tertiary/aromatic N) is 1. The maximum Gasteiger partial charge on any atom is 0.261 e. The molecule has 0 aliphatic rings. The summed E-state index contributed by atoms with van der Waals surface area (Å²) in [6.45, 7) is 11.1. The van der Waals surface area contributed by atoms with Crippen molar-refractivity contribution in [3.05, 3.63) is 95.6 Å². The van der Waals surface area contributed by atoms with E-state index in [4.69, 9.17) is 9.47 Å². The lowest BCUT2D eigenvalue weighted by Crippen LogP contribution is -2.52. The van der Waals surface area contributed by atoms with Gasteiger partial charge >= 0.3 is 0 Å². The minimum Gasteiger partial charge on any atom is -0.497 e. The molecule has 0 fully saturated rings. The average molecular weight is 531 g/mol. The normalized spacial score (nSPS) is 12.1. The molecule has 3 aromatic rings. The van der Waals surface area contributed by atoms with Crippen molar-refractivity contribution < 1.29 is 19.1 Å². The number of carbonyl (C=O) groups is 2. The highest BCUT2D eigenvalue weighted by atomic mass is 16.5. The van der Waals surface area contributed by atoms with Gasteiger partial charge in [0.1, 0.15) is 17.5 Å². The number of amides is 2. The van der Waals surface area contributed by atoms with E-state index in [9.17, 15) is 9.59 Å². The molecule has 208 valence electrons. The first kappa shape index (κ1) is 29.8. The van der Waals surface area contributed by atoms with E-state index in [2.05, 4.69) is 26.1 Å². The first-order valence-electron chi connectivity index (χ1n) is 13.5. The highest BCUT2D eigenvalue weighted by Crippen LogP contribution is 2.24. The monoisotopic (exact) mass is 530 g/mol. The smallest absolute Gasteiger partial charge is 0.261 e. The fourth-order valence-corrected chi connectivity index (χ4v) is 4.22. The molecule has 0 radical (unpaired) electrons. The van der Waals surface area contributed by atoms with Gasteiger partial charge in [0.2, 0.25) is 5.91 Å². The molecule has 0 unspecified atom stereocenters. The van der Waals surface area contributed by atoms with Gasteiger partial charge in [-0.05, 0) is 52.3 Å². The van der Waals surface area contributed by atoms with Gasteiger partial charge in [0.05, 0.1) is 7.11 Å². The molecule has 0 aromatic heterocycles. The molecule has 0 spiro atoms. The topological polar surface area (TPSA) is 67.9 Å². The van der Waals surface area contributed by atoms with Crippen molar-refractivity contribution in [1.82, 2.24) is 10.2 Å². The Kier molecular flexibility index (Phi) is 10.6. The van der Waals surface area contributed by atoms with E-state index >= 15 is 0 Å². The average Bonchev–Trinajstić information content (AvgIpc) is 2.92. The Hall–Kier alpha value is -3.80. The van der Waals surface area contributed by atoms with Crippen LogP contribution in [-0.2, 0) is 28.0 Å². The second-order valence-electron chi connectivity index (χ2n) is 11.3. The Morgan fingerprint density at radius 2 is 1.54 bits per heavy atom. The van der Waals surface area contributed by atoms with Crippen molar-refractivity contribution in [3.63, 3.8) is 0 Å². The fourth-order valence-electron chi connectivity index (χ4n) is 4.22. The lowest BCUT2D eigenvalue weighted by Gasteiger charge is -2.32. The Bertz CT molecular complexity index is 1200. The van der Waals surface area contributed by atoms with Crippen LogP contribution in [-0.4, -0.2) is 43.0 Å². The zero-order valence-electron chi connectivity index (χ0n) is 24.1. The Morgan fingerprint density at radius 3 is 2.15 bits per heavy atom. The van der Waals surface area contributed by atoms with Crippen LogP contribution in [0.25, 0.3) is 0 Å². The van der Waals surface area contributed by atoms with Gasteiger partial charge in [-0.1, -0.05) is 89.2 Å². The van der Waals surface area contributed by atoms with E-state index < -0.39 is 6.04 Å². The Balaban J connectivity index is 1.89. The van der Waals surface area contributed by atoms with E-state index in [1.54, 1.807) is 12.0 Å². The van der Waals surface area contributed by atoms with Gasteiger partial charge in [-0.2, -0.15) is 0 Å². The van der Waals surface area contributed by atoms with Crippen LogP contribution in [0.1, 0.15) is 51.3 Å². The molecular weight excluding hydrogens is 488 g/mol. The molecule has 0 bridgehead atoms. The van der Waals surface area contributed by atoms with Gasteiger partial charge in [0, 0.05) is 19.5 Å². The van der Waals surface area contributed by atoms with Crippen molar-refractivity contribution in [1.29, 1.82) is 0 Å². The van der Waals surface area contributed by atoms with E-state index in [1.807, 2.05) is 92.7 Å². The van der Waals surface area contributed by atoms with Crippen molar-refractivity contribution in [2.45, 2.75) is 59.0 Å². The second-order valence-corrected chi connectivity index (χ2v) is 11.3. The standard InChI is InChI=1S/C33H42N2O4/c1-24(2)21-34-32(37)30(20-25-11-8-7-9-12-25)35(22-26-13-10-14-29(19-26)38-6)31(36)23-39-28-17-15-27(16-18-28)33(3,4)5/h7-19,24,30H,20-23H2,1-6H3,(H,34,37)/t30-/m1/s1. The predicted octanol–water partition coefficient (Wildman–Crippen LogP) is 5.78. The summed E-state index contributed by atoms with van der Waals surface area (Å²) < 4.78 is 11.3. The summed E-state index contributed by atoms with van der Waals surface area (Å²) in [7, 11) is 1.61. The zero-order chi connectivity index (χ0) is 28.4. The van der Waals surface area contributed by atoms with Gasteiger partial charge in [-0.15, -0.1) is 0 Å². The largest absolute Gasteiger partial charge is 0.497 e. The SMILES string of the molecule is COc1cccc(CN(C(=O)COc2ccc(C(C)(C)C)cc2)[C@H](Cc2ccccc2)C(=O)NCC(C)C)c1. The van der Waals surface area contributed by atoms with Crippen LogP contribution in [0.5, 0.6) is 11.5 Å². The highest BCUT2D eigenvalue weighted by molar-refractivity contribution is 5.88. The van der Waals surface area contributed by atoms with E-state index in [0.29, 0.717) is 24.5 Å². The Labute approximate surface area is 233 Å². The number of nitrogens with one attached hydrogen (secondary N) is 1. The third kappa shape index (κ3) is 9.17. The van der Waals surface area contributed by atoms with E-state index in [-0.39, 0.29) is 36.3 Å². The number of hydrogen-bond acceptors (Lipinski definition) is 4. The first-order valence-corrected chi connectivity index (χ1v) is 13.5. The lowest BCUT2D eigenvalue weighted by molar-refractivity contribution is -0.142. The minimum absolute atomic E-state index is 0.0237. The van der Waals surface area contributed by atoms with Crippen LogP contribution >= 0.6 is 0 Å². The molecular formula is C33H42N2O4. The molecule has 0 aliphatic carbocycles. The third-order valence-corrected chi connectivity index (χ3v) is 6.53. The molecule has 39 heavy (non-hydrogen) atoms. The van der Waals surface area contributed by atoms with Gasteiger partial charge < -0.3 is 19.7 Å². The fraction of sp³-hybridized carbons (Fsp3) is 0.394. The van der Waals surface area contributed by atoms with E-state index in [0.717, 1.165) is 11.1 Å². The molecule has 3 aromatic carbocycles. The predicted molar refractivity (Wildman–Crippen MR) is 156 cm³/mol. The van der Waals surface area contributed by atoms with Gasteiger partial charge in [-0.25, -0.2) is 0 Å². The number of carbonyl (C=O) groups excluding carboxylic acids is 2. The van der Waals surface area contributed by atoms with Crippen LogP contribution in [0, 0.1) is 5.92 Å². The minimum atomic E-state index is -0.711. The Morgan fingerprint density at radius 1 is 0.872 bits per heavy atom. The first-order chi connectivity index (χ1) is 18.6. The molecule has 1 N–H and O–H groups in total. The zero-order valence-corrected chi connectivity index (χ0v) is 24.1. The van der Waals surface area contributed by atoms with Crippen LogP contribution in [0.3, 0.4) is 0 Å². The molecule has 6 heteroatoms. The summed E-state index contributed by atoms with van der Waals surface area (Å²) >= 11 is 0. The number of benzene rings is 3. The van der Waals surface area contributed by atoms with Crippen molar-refractivity contribution in [2.24, 2.45) is 5.92 Å². The molecule has 1 atom stereocenters. The molecule has 0 aliphatic heterocycles. The summed E-state index contributed by atoms with van der Waals surface area (Å²) in [6, 6.07) is 24.4. The molecule has 3 rings (SSSR count). The van der Waals surface area contributed by atoms with Crippen molar-refractivity contribution in [2.75, 3.05) is 20.3 Å². The number of ether oxygens (including phenoxy) is 2. The summed E-state index contributed by atoms with van der Waals surface area (Å²) in [5.41, 5.74) is 3.05. The number of rotatable bonds is 12. The van der Waals surface area contributed by atoms with Crippen molar-refractivity contribution >= 4 is 11.8 Å². The van der Waals surface area contributed by atoms with Crippen LogP contribution < -0.4 is 14.8 Å². The summed E-state index contributed by atoms with van der Waals surface area (Å²) in [5.74, 6) is 1.14. The molecule has 6 nitrogen and oxygen atoms in total. The highest BCUT2D eigenvalue weighted by Gasteiger charge is 2.31. The third-order valence-electron chi connectivity index (χ3n) is 6.53. The maximum absolute atomic E-state index is 13.8. The lowest BCUT2D eigenvalue weighted by atomic mass is 9.87. The quantitative estimate of drug-likeness (QED) is 0.322. The van der Waals surface area contributed by atoms with Crippen LogP contribution in [0.15, 0.2) is 78.9 Å². The van der Waals surface area contributed by atoms with Gasteiger partial charge in [-0.3, -0.25) is 9.59 Å². The molecule has 0 saturated carbocycles. The van der Waals surface area contributed by atoms with Crippen LogP contribution in [0.2, 0.25) is 0 Å². The van der Waals surface area contributed by atoms with Crippen LogP contribution in [0.4, 0.5) is 0 Å². The van der Waals surface area contributed by atoms with Gasteiger partial charge in [0.25, 0.3) is 5.91 Å². The number of hydrogen-bond donors (Lipinski definition) is 1. The molecule has 2 amide bonds. The number of methoxy groups -OCH3 is 1. The van der Waals surface area contributed by atoms with Crippen molar-refractivity contribution in [3.8, 4) is 11.5 Å². The summed E-state index contributed by atoms with van der Waals surface area (Å²) in [6.07, 6.45) is 0.390. The second kappa shape index (κ2) is 13.8. The summed E-state index contributed by atoms with van der Waals surface area (Å²) in [5, 5.41) is 3.04. The molecule has 0 heterocycles. The maximum atomic E-state index is 13.8. The summed E-state index contributed by atoms with van der Waals surface area (Å²) in [4.78, 5) is 28.9. The molecule has 0 saturated heterocycles. The van der Waals surface area contributed by atoms with E-state index in [1.165, 1.54) is 5.56 Å².